The third-order valence-electron chi connectivity index (χ3n) is 4.90. The molecule has 2 heterocycles. The molecule has 0 radical (unpaired) electrons. The zero-order valence-corrected chi connectivity index (χ0v) is 18.5. The molecule has 0 unspecified atom stereocenters. The predicted octanol–water partition coefficient (Wildman–Crippen LogP) is 6.50. The van der Waals surface area contributed by atoms with Gasteiger partial charge in [0.15, 0.2) is 5.82 Å². The Hall–Kier alpha value is -3.87. The highest BCUT2D eigenvalue weighted by atomic mass is 35.5. The van der Waals surface area contributed by atoms with Crippen molar-refractivity contribution >= 4 is 34.0 Å². The second-order valence-corrected chi connectivity index (χ2v) is 7.40. The molecule has 0 saturated heterocycles. The number of aliphatic hydroxyl groups is 1. The molecule has 0 aliphatic rings. The van der Waals surface area contributed by atoms with Gasteiger partial charge >= 0.3 is 0 Å². The maximum absolute atomic E-state index is 13.6. The molecule has 33 heavy (non-hydrogen) atoms. The van der Waals surface area contributed by atoms with Crippen molar-refractivity contribution in [1.82, 2.24) is 15.0 Å². The van der Waals surface area contributed by atoms with Gasteiger partial charge in [0.05, 0.1) is 10.5 Å². The molecule has 7 heteroatoms. The van der Waals surface area contributed by atoms with Crippen LogP contribution in [0.25, 0.3) is 33.4 Å². The summed E-state index contributed by atoms with van der Waals surface area (Å²) < 4.78 is 13.6. The number of pyridine rings is 1. The van der Waals surface area contributed by atoms with E-state index in [-0.39, 0.29) is 5.02 Å². The Bertz CT molecular complexity index is 1380. The molecule has 164 valence electrons. The lowest BCUT2D eigenvalue weighted by Crippen LogP contribution is -2.00. The molecule has 0 fully saturated rings. The number of rotatable bonds is 4. The normalized spacial score (nSPS) is 10.4. The maximum atomic E-state index is 13.6. The highest BCUT2D eigenvalue weighted by molar-refractivity contribution is 6.31. The van der Waals surface area contributed by atoms with Crippen LogP contribution in [0, 0.1) is 5.82 Å². The van der Waals surface area contributed by atoms with E-state index >= 15 is 0 Å². The number of anilines is 2. The van der Waals surface area contributed by atoms with Gasteiger partial charge in [0, 0.05) is 36.1 Å². The van der Waals surface area contributed by atoms with Crippen LogP contribution in [0.3, 0.4) is 0 Å². The Labute approximate surface area is 195 Å². The fourth-order valence-corrected chi connectivity index (χ4v) is 3.55. The lowest BCUT2D eigenvalue weighted by Gasteiger charge is -2.13. The fraction of sp³-hybridized carbons (Fsp3) is 0.0385. The summed E-state index contributed by atoms with van der Waals surface area (Å²) in [7, 11) is 1.00. The molecule has 5 rings (SSSR count). The highest BCUT2D eigenvalue weighted by Crippen LogP contribution is 2.32. The second kappa shape index (κ2) is 10.2. The summed E-state index contributed by atoms with van der Waals surface area (Å²) in [6.45, 7) is 0. The third kappa shape index (κ3) is 4.98. The first-order valence-electron chi connectivity index (χ1n) is 10.1. The van der Waals surface area contributed by atoms with Crippen LogP contribution in [0.15, 0.2) is 91.3 Å². The SMILES string of the molecule is CO.Fc1ccc(Nc2nc(-c3cccnc3)nc3ccc(-c4ccccc4)cc23)cc1Cl. The van der Waals surface area contributed by atoms with Gasteiger partial charge < -0.3 is 10.4 Å². The van der Waals surface area contributed by atoms with E-state index in [1.54, 1.807) is 18.5 Å². The average molecular weight is 459 g/mol. The molecule has 0 spiro atoms. The smallest absolute Gasteiger partial charge is 0.163 e. The van der Waals surface area contributed by atoms with Gasteiger partial charge in [-0.05, 0) is 53.6 Å². The van der Waals surface area contributed by atoms with Crippen LogP contribution in [-0.4, -0.2) is 27.2 Å². The van der Waals surface area contributed by atoms with Crippen molar-refractivity contribution < 1.29 is 9.50 Å². The molecule has 0 aliphatic heterocycles. The van der Waals surface area contributed by atoms with Gasteiger partial charge in [0.25, 0.3) is 0 Å². The highest BCUT2D eigenvalue weighted by Gasteiger charge is 2.12. The minimum Gasteiger partial charge on any atom is -0.400 e. The van der Waals surface area contributed by atoms with Gasteiger partial charge in [-0.25, -0.2) is 14.4 Å². The first-order chi connectivity index (χ1) is 16.2. The largest absolute Gasteiger partial charge is 0.400 e. The number of benzene rings is 3. The van der Waals surface area contributed by atoms with Crippen LogP contribution in [0.4, 0.5) is 15.9 Å². The van der Waals surface area contributed by atoms with Gasteiger partial charge in [0.1, 0.15) is 11.6 Å². The fourth-order valence-electron chi connectivity index (χ4n) is 3.37. The number of hydrogen-bond acceptors (Lipinski definition) is 5. The Kier molecular flexibility index (Phi) is 6.88. The average Bonchev–Trinajstić information content (AvgIpc) is 2.88. The summed E-state index contributed by atoms with van der Waals surface area (Å²) in [5, 5.41) is 11.2. The molecule has 2 aromatic heterocycles. The van der Waals surface area contributed by atoms with Gasteiger partial charge in [-0.1, -0.05) is 48.0 Å². The van der Waals surface area contributed by atoms with Crippen LogP contribution in [0.1, 0.15) is 0 Å². The van der Waals surface area contributed by atoms with Gasteiger partial charge in [-0.2, -0.15) is 0 Å². The number of aliphatic hydroxyl groups excluding tert-OH is 1. The quantitative estimate of drug-likeness (QED) is 0.321. The topological polar surface area (TPSA) is 70.9 Å². The van der Waals surface area contributed by atoms with E-state index in [2.05, 4.69) is 22.4 Å². The minimum atomic E-state index is -0.470. The van der Waals surface area contributed by atoms with Crippen molar-refractivity contribution in [1.29, 1.82) is 0 Å². The molecule has 0 aliphatic carbocycles. The van der Waals surface area contributed by atoms with E-state index in [0.29, 0.717) is 17.3 Å². The van der Waals surface area contributed by atoms with Crippen molar-refractivity contribution in [2.45, 2.75) is 0 Å². The zero-order valence-electron chi connectivity index (χ0n) is 17.7. The van der Waals surface area contributed by atoms with E-state index < -0.39 is 5.82 Å². The molecule has 5 nitrogen and oxygen atoms in total. The molecule has 0 amide bonds. The van der Waals surface area contributed by atoms with Crippen LogP contribution >= 0.6 is 11.6 Å². The molecule has 0 bridgehead atoms. The Morgan fingerprint density at radius 3 is 2.33 bits per heavy atom. The lowest BCUT2D eigenvalue weighted by molar-refractivity contribution is 0.399. The molecule has 0 saturated carbocycles. The van der Waals surface area contributed by atoms with Gasteiger partial charge in [0.2, 0.25) is 0 Å². The molecular weight excluding hydrogens is 439 g/mol. The first-order valence-corrected chi connectivity index (χ1v) is 10.5. The van der Waals surface area contributed by atoms with Crippen molar-refractivity contribution in [2.75, 3.05) is 12.4 Å². The summed E-state index contributed by atoms with van der Waals surface area (Å²) in [6.07, 6.45) is 3.43. The van der Waals surface area contributed by atoms with E-state index in [1.807, 2.05) is 48.5 Å². The Morgan fingerprint density at radius 1 is 0.818 bits per heavy atom. The van der Waals surface area contributed by atoms with Crippen LogP contribution in [0.5, 0.6) is 0 Å². The van der Waals surface area contributed by atoms with Crippen LogP contribution in [-0.2, 0) is 0 Å². The van der Waals surface area contributed by atoms with Crippen molar-refractivity contribution in [3.05, 3.63) is 102 Å². The van der Waals surface area contributed by atoms with Crippen LogP contribution < -0.4 is 5.32 Å². The van der Waals surface area contributed by atoms with Gasteiger partial charge in [-0.15, -0.1) is 0 Å². The van der Waals surface area contributed by atoms with Gasteiger partial charge in [-0.3, -0.25) is 4.98 Å². The molecule has 2 N–H and O–H groups in total. The Morgan fingerprint density at radius 2 is 1.61 bits per heavy atom. The second-order valence-electron chi connectivity index (χ2n) is 6.99. The standard InChI is InChI=1S/C25H16ClFN4.CH4O/c26-21-14-19(9-10-22(21)27)29-25-20-13-17(16-5-2-1-3-6-16)8-11-23(20)30-24(31-25)18-7-4-12-28-15-18;1-2/h1-15H,(H,29,30,31);2H,1H3. The van der Waals surface area contributed by atoms with E-state index in [0.717, 1.165) is 34.7 Å². The molecule has 3 aromatic carbocycles. The lowest BCUT2D eigenvalue weighted by atomic mass is 10.0. The summed E-state index contributed by atoms with van der Waals surface area (Å²) in [4.78, 5) is 13.7. The van der Waals surface area contributed by atoms with Crippen molar-refractivity contribution in [2.24, 2.45) is 0 Å². The number of nitrogens with one attached hydrogen (secondary N) is 1. The summed E-state index contributed by atoms with van der Waals surface area (Å²) in [5.41, 5.74) is 4.36. The summed E-state index contributed by atoms with van der Waals surface area (Å²) >= 11 is 5.97. The molecule has 5 aromatic rings. The monoisotopic (exact) mass is 458 g/mol. The maximum Gasteiger partial charge on any atom is 0.163 e. The summed E-state index contributed by atoms with van der Waals surface area (Å²) in [6, 6.07) is 24.4. The zero-order chi connectivity index (χ0) is 23.2. The number of nitrogens with zero attached hydrogens (tertiary/aromatic N) is 3. The third-order valence-corrected chi connectivity index (χ3v) is 5.19. The number of fused-ring (bicyclic) bond motifs is 1. The molecule has 0 atom stereocenters. The Balaban J connectivity index is 0.00000126. The number of hydrogen-bond donors (Lipinski definition) is 2. The number of halogens is 2. The van der Waals surface area contributed by atoms with Crippen molar-refractivity contribution in [3.8, 4) is 22.5 Å². The molecular formula is C26H20ClFN4O. The van der Waals surface area contributed by atoms with E-state index in [1.165, 1.54) is 12.1 Å². The van der Waals surface area contributed by atoms with Crippen molar-refractivity contribution in [3.63, 3.8) is 0 Å². The first kappa shape index (κ1) is 22.3. The van der Waals surface area contributed by atoms with E-state index in [9.17, 15) is 4.39 Å². The minimum absolute atomic E-state index is 0.0424. The van der Waals surface area contributed by atoms with E-state index in [4.69, 9.17) is 26.7 Å². The van der Waals surface area contributed by atoms with Crippen LogP contribution in [0.2, 0.25) is 5.02 Å². The predicted molar refractivity (Wildman–Crippen MR) is 131 cm³/mol. The number of aromatic nitrogens is 3. The summed E-state index contributed by atoms with van der Waals surface area (Å²) in [5.74, 6) is 0.676.